The monoisotopic (exact) mass is 246 g/mol. The van der Waals surface area contributed by atoms with Gasteiger partial charge in [-0.25, -0.2) is 9.82 Å². The maximum atomic E-state index is 13.3. The van der Waals surface area contributed by atoms with E-state index < -0.39 is 23.5 Å². The lowest BCUT2D eigenvalue weighted by Gasteiger charge is -2.08. The average Bonchev–Trinajstić information content (AvgIpc) is 2.63. The highest BCUT2D eigenvalue weighted by atomic mass is 19.4. The number of amides is 1. The number of hydrogen-bond donors (Lipinski definition) is 1. The maximum absolute atomic E-state index is 13.3. The molecule has 0 aromatic heterocycles. The van der Waals surface area contributed by atoms with Crippen molar-refractivity contribution in [1.82, 2.24) is 5.43 Å². The Bertz CT molecular complexity index is 508. The average molecular weight is 246 g/mol. The standard InChI is InChI=1S/C10H6F4N2O/c11-7-2-1-5(10(12,13)14)3-6(7)8-4-9(17)16-15-8/h1-3H,4H2,(H,16,17). The third-order valence-corrected chi connectivity index (χ3v) is 2.25. The molecule has 1 aliphatic rings. The molecular weight excluding hydrogens is 240 g/mol. The van der Waals surface area contributed by atoms with Crippen molar-refractivity contribution in [3.8, 4) is 0 Å². The molecule has 1 heterocycles. The highest BCUT2D eigenvalue weighted by molar-refractivity contribution is 6.13. The normalized spacial score (nSPS) is 15.8. The summed E-state index contributed by atoms with van der Waals surface area (Å²) >= 11 is 0. The van der Waals surface area contributed by atoms with Crippen molar-refractivity contribution in [2.45, 2.75) is 12.6 Å². The van der Waals surface area contributed by atoms with Crippen LogP contribution in [0.1, 0.15) is 17.5 Å². The second-order valence-electron chi connectivity index (χ2n) is 3.46. The number of halogens is 4. The summed E-state index contributed by atoms with van der Waals surface area (Å²) < 4.78 is 50.6. The van der Waals surface area contributed by atoms with Gasteiger partial charge >= 0.3 is 6.18 Å². The fourth-order valence-electron chi connectivity index (χ4n) is 1.44. The van der Waals surface area contributed by atoms with E-state index in [0.29, 0.717) is 18.2 Å². The molecule has 0 saturated heterocycles. The van der Waals surface area contributed by atoms with Gasteiger partial charge < -0.3 is 0 Å². The summed E-state index contributed by atoms with van der Waals surface area (Å²) in [4.78, 5) is 10.8. The maximum Gasteiger partial charge on any atom is 0.416 e. The van der Waals surface area contributed by atoms with Crippen LogP contribution in [0.25, 0.3) is 0 Å². The summed E-state index contributed by atoms with van der Waals surface area (Å²) in [7, 11) is 0. The fourth-order valence-corrected chi connectivity index (χ4v) is 1.44. The van der Waals surface area contributed by atoms with Gasteiger partial charge in [-0.05, 0) is 18.2 Å². The Balaban J connectivity index is 2.44. The molecule has 0 radical (unpaired) electrons. The number of nitrogens with one attached hydrogen (secondary N) is 1. The molecule has 7 heteroatoms. The van der Waals surface area contributed by atoms with E-state index in [0.717, 1.165) is 0 Å². The molecule has 1 N–H and O–H groups in total. The zero-order valence-electron chi connectivity index (χ0n) is 8.31. The summed E-state index contributed by atoms with van der Waals surface area (Å²) in [6.45, 7) is 0. The lowest BCUT2D eigenvalue weighted by atomic mass is 10.0. The molecule has 0 aliphatic carbocycles. The Morgan fingerprint density at radius 1 is 1.29 bits per heavy atom. The number of hydrazone groups is 1. The molecule has 1 aromatic carbocycles. The summed E-state index contributed by atoms with van der Waals surface area (Å²) in [5, 5.41) is 3.48. The van der Waals surface area contributed by atoms with Gasteiger partial charge in [-0.3, -0.25) is 4.79 Å². The minimum absolute atomic E-state index is 0.0291. The van der Waals surface area contributed by atoms with E-state index in [-0.39, 0.29) is 17.7 Å². The van der Waals surface area contributed by atoms with Crippen molar-refractivity contribution >= 4 is 11.6 Å². The summed E-state index contributed by atoms with van der Waals surface area (Å²) in [5.74, 6) is -1.31. The molecule has 1 amide bonds. The van der Waals surface area contributed by atoms with Gasteiger partial charge in [0.05, 0.1) is 17.7 Å². The van der Waals surface area contributed by atoms with Crippen LogP contribution in [0.15, 0.2) is 23.3 Å². The Kier molecular flexibility index (Phi) is 2.60. The molecule has 17 heavy (non-hydrogen) atoms. The number of carbonyl (C=O) groups excluding carboxylic acids is 1. The highest BCUT2D eigenvalue weighted by Gasteiger charge is 2.32. The van der Waals surface area contributed by atoms with E-state index in [9.17, 15) is 22.4 Å². The predicted molar refractivity (Wildman–Crippen MR) is 50.7 cm³/mol. The molecule has 0 unspecified atom stereocenters. The van der Waals surface area contributed by atoms with Crippen LogP contribution in [-0.4, -0.2) is 11.6 Å². The van der Waals surface area contributed by atoms with Gasteiger partial charge in [-0.2, -0.15) is 18.3 Å². The number of carbonyl (C=O) groups is 1. The van der Waals surface area contributed by atoms with Crippen LogP contribution in [0.5, 0.6) is 0 Å². The molecule has 0 fully saturated rings. The number of alkyl halides is 3. The number of nitrogens with zero attached hydrogens (tertiary/aromatic N) is 1. The third-order valence-electron chi connectivity index (χ3n) is 2.25. The predicted octanol–water partition coefficient (Wildman–Crippen LogP) is 2.07. The van der Waals surface area contributed by atoms with Crippen molar-refractivity contribution in [2.24, 2.45) is 5.10 Å². The molecule has 3 nitrogen and oxygen atoms in total. The first-order valence-electron chi connectivity index (χ1n) is 4.60. The van der Waals surface area contributed by atoms with E-state index >= 15 is 0 Å². The van der Waals surface area contributed by atoms with E-state index in [1.165, 1.54) is 0 Å². The largest absolute Gasteiger partial charge is 0.416 e. The second-order valence-corrected chi connectivity index (χ2v) is 3.46. The van der Waals surface area contributed by atoms with Crippen LogP contribution in [-0.2, 0) is 11.0 Å². The van der Waals surface area contributed by atoms with Crippen molar-refractivity contribution in [1.29, 1.82) is 0 Å². The Hall–Kier alpha value is -1.92. The molecule has 0 atom stereocenters. The molecule has 2 rings (SSSR count). The first-order chi connectivity index (χ1) is 7.88. The minimum Gasteiger partial charge on any atom is -0.273 e. The quantitative estimate of drug-likeness (QED) is 0.757. The van der Waals surface area contributed by atoms with Crippen molar-refractivity contribution < 1.29 is 22.4 Å². The van der Waals surface area contributed by atoms with Gasteiger partial charge in [0, 0.05) is 5.56 Å². The van der Waals surface area contributed by atoms with Crippen LogP contribution in [0.4, 0.5) is 17.6 Å². The molecule has 0 saturated carbocycles. The third kappa shape index (κ3) is 2.27. The van der Waals surface area contributed by atoms with Crippen LogP contribution in [0.3, 0.4) is 0 Å². The summed E-state index contributed by atoms with van der Waals surface area (Å²) in [6, 6.07) is 2.00. The number of hydrogen-bond acceptors (Lipinski definition) is 2. The smallest absolute Gasteiger partial charge is 0.273 e. The van der Waals surface area contributed by atoms with Gasteiger partial charge in [0.15, 0.2) is 0 Å². The van der Waals surface area contributed by atoms with Crippen LogP contribution in [0, 0.1) is 5.82 Å². The molecule has 1 aliphatic heterocycles. The topological polar surface area (TPSA) is 41.5 Å². The van der Waals surface area contributed by atoms with Gasteiger partial charge in [0.2, 0.25) is 5.91 Å². The second kappa shape index (κ2) is 3.83. The molecule has 1 aromatic rings. The van der Waals surface area contributed by atoms with Gasteiger partial charge in [0.25, 0.3) is 0 Å². The molecular formula is C10H6F4N2O. The van der Waals surface area contributed by atoms with Crippen molar-refractivity contribution in [2.75, 3.05) is 0 Å². The number of rotatable bonds is 1. The zero-order valence-corrected chi connectivity index (χ0v) is 8.31. The van der Waals surface area contributed by atoms with Gasteiger partial charge in [-0.1, -0.05) is 0 Å². The van der Waals surface area contributed by atoms with Crippen molar-refractivity contribution in [3.63, 3.8) is 0 Å². The number of benzene rings is 1. The minimum atomic E-state index is -4.56. The van der Waals surface area contributed by atoms with E-state index in [1.807, 2.05) is 0 Å². The summed E-state index contributed by atoms with van der Waals surface area (Å²) in [6.07, 6.45) is -4.78. The molecule has 0 spiro atoms. The van der Waals surface area contributed by atoms with Gasteiger partial charge in [0.1, 0.15) is 5.82 Å². The lowest BCUT2D eigenvalue weighted by molar-refractivity contribution is -0.137. The molecule has 90 valence electrons. The van der Waals surface area contributed by atoms with Crippen LogP contribution < -0.4 is 5.43 Å². The first kappa shape index (κ1) is 11.6. The zero-order chi connectivity index (χ0) is 12.6. The van der Waals surface area contributed by atoms with E-state index in [4.69, 9.17) is 0 Å². The lowest BCUT2D eigenvalue weighted by Crippen LogP contribution is -2.11. The summed E-state index contributed by atoms with van der Waals surface area (Å²) in [5.41, 5.74) is 0.742. The van der Waals surface area contributed by atoms with Crippen LogP contribution >= 0.6 is 0 Å². The van der Waals surface area contributed by atoms with Crippen molar-refractivity contribution in [3.05, 3.63) is 35.1 Å². The highest BCUT2D eigenvalue weighted by Crippen LogP contribution is 2.30. The Morgan fingerprint density at radius 2 is 2.00 bits per heavy atom. The Morgan fingerprint density at radius 3 is 2.53 bits per heavy atom. The van der Waals surface area contributed by atoms with E-state index in [2.05, 4.69) is 10.5 Å². The SMILES string of the molecule is O=C1CC(c2cc(C(F)(F)F)ccc2F)=NN1. The molecule has 0 bridgehead atoms. The Labute approximate surface area is 93.1 Å². The first-order valence-corrected chi connectivity index (χ1v) is 4.60. The fraction of sp³-hybridized carbons (Fsp3) is 0.200. The van der Waals surface area contributed by atoms with Gasteiger partial charge in [-0.15, -0.1) is 0 Å². The van der Waals surface area contributed by atoms with Crippen LogP contribution in [0.2, 0.25) is 0 Å². The van der Waals surface area contributed by atoms with E-state index in [1.54, 1.807) is 0 Å².